The molecule has 0 bridgehead atoms. The Morgan fingerprint density at radius 1 is 1.07 bits per heavy atom. The van der Waals surface area contributed by atoms with Gasteiger partial charge < -0.3 is 35.0 Å². The minimum Gasteiger partial charge on any atom is -0.394 e. The topological polar surface area (TPSA) is 120 Å². The first-order chi connectivity index (χ1) is 18.9. The molecule has 0 spiro atoms. The Morgan fingerprint density at radius 3 is 2.52 bits per heavy atom. The minimum absolute atomic E-state index is 0.328. The van der Waals surface area contributed by atoms with Gasteiger partial charge in [0.1, 0.15) is 24.4 Å². The van der Waals surface area contributed by atoms with Gasteiger partial charge in [-0.15, -0.1) is 0 Å². The van der Waals surface area contributed by atoms with Crippen molar-refractivity contribution in [2.75, 3.05) is 6.61 Å². The normalized spacial score (nSPS) is 41.9. The highest BCUT2D eigenvalue weighted by atomic mass is 16.7. The molecule has 10 atom stereocenters. The molecule has 0 aromatic rings. The molecule has 4 fully saturated rings. The van der Waals surface area contributed by atoms with Crippen LogP contribution in [0, 0.1) is 23.2 Å². The minimum atomic E-state index is -1.45. The highest BCUT2D eigenvalue weighted by molar-refractivity contribution is 5.38. The third-order valence-corrected chi connectivity index (χ3v) is 10.5. The van der Waals surface area contributed by atoms with Gasteiger partial charge in [0, 0.05) is 0 Å². The third-order valence-electron chi connectivity index (χ3n) is 10.5. The molecule has 1 heterocycles. The SMILES string of the molecule is C=C1/C(=C\C=C2/CCC[C@@]3(C)C2CC[C@@H]3C(C)CCCC(C)(C)O)CCCC1OC1OC(CO)C(O)C(O)C1O. The summed E-state index contributed by atoms with van der Waals surface area (Å²) < 4.78 is 11.7. The van der Waals surface area contributed by atoms with Crippen molar-refractivity contribution in [3.8, 4) is 0 Å². The lowest BCUT2D eigenvalue weighted by atomic mass is 9.60. The van der Waals surface area contributed by atoms with Crippen molar-refractivity contribution < 1.29 is 35.0 Å². The van der Waals surface area contributed by atoms with E-state index in [-0.39, 0.29) is 6.10 Å². The predicted molar refractivity (Wildman–Crippen MR) is 155 cm³/mol. The Labute approximate surface area is 241 Å². The van der Waals surface area contributed by atoms with E-state index in [0.29, 0.717) is 17.3 Å². The second-order valence-electron chi connectivity index (χ2n) is 14.0. The first-order valence-corrected chi connectivity index (χ1v) is 15.6. The molecule has 0 aromatic heterocycles. The summed E-state index contributed by atoms with van der Waals surface area (Å²) in [7, 11) is 0. The van der Waals surface area contributed by atoms with Crippen LogP contribution in [-0.2, 0) is 9.47 Å². The van der Waals surface area contributed by atoms with E-state index < -0.39 is 42.9 Å². The maximum absolute atomic E-state index is 10.4. The highest BCUT2D eigenvalue weighted by Gasteiger charge is 2.50. The monoisotopic (exact) mass is 562 g/mol. The summed E-state index contributed by atoms with van der Waals surface area (Å²) in [5, 5.41) is 50.3. The van der Waals surface area contributed by atoms with Crippen LogP contribution in [0.4, 0.5) is 0 Å². The van der Waals surface area contributed by atoms with Gasteiger partial charge in [-0.2, -0.15) is 0 Å². The third kappa shape index (κ3) is 6.94. The first-order valence-electron chi connectivity index (χ1n) is 15.6. The van der Waals surface area contributed by atoms with Crippen LogP contribution in [0.5, 0.6) is 0 Å². The van der Waals surface area contributed by atoms with Gasteiger partial charge in [-0.25, -0.2) is 0 Å². The molecule has 7 heteroatoms. The molecule has 4 rings (SSSR count). The van der Waals surface area contributed by atoms with Crippen LogP contribution in [0.1, 0.15) is 98.3 Å². The van der Waals surface area contributed by atoms with E-state index in [9.17, 15) is 25.5 Å². The molecule has 0 radical (unpaired) electrons. The van der Waals surface area contributed by atoms with E-state index in [0.717, 1.165) is 55.6 Å². The van der Waals surface area contributed by atoms with Gasteiger partial charge in [-0.05, 0) is 106 Å². The Hall–Kier alpha value is -1.06. The zero-order valence-corrected chi connectivity index (χ0v) is 25.1. The maximum atomic E-state index is 10.4. The fourth-order valence-corrected chi connectivity index (χ4v) is 8.18. The van der Waals surface area contributed by atoms with Crippen molar-refractivity contribution in [3.05, 3.63) is 35.5 Å². The molecule has 0 aromatic carbocycles. The number of fused-ring (bicyclic) bond motifs is 1. The molecular formula is C33H54O7. The summed E-state index contributed by atoms with van der Waals surface area (Å²) in [6, 6.07) is 0. The van der Waals surface area contributed by atoms with Crippen LogP contribution in [0.15, 0.2) is 35.5 Å². The zero-order valence-electron chi connectivity index (χ0n) is 25.1. The average molecular weight is 563 g/mol. The van der Waals surface area contributed by atoms with Crippen LogP contribution >= 0.6 is 0 Å². The van der Waals surface area contributed by atoms with E-state index in [1.807, 2.05) is 13.8 Å². The molecule has 1 saturated heterocycles. The van der Waals surface area contributed by atoms with E-state index in [2.05, 4.69) is 32.6 Å². The molecule has 7 nitrogen and oxygen atoms in total. The summed E-state index contributed by atoms with van der Waals surface area (Å²) in [4.78, 5) is 0. The standard InChI is InChI=1S/C33H54O7/c1-20(9-7-17-32(3,4)38)24-15-16-25-23(11-8-18-33(24,25)5)14-13-22-10-6-12-26(21(22)2)39-31-30(37)29(36)28(35)27(19-34)40-31/h13-14,20,24-31,34-38H,2,6-12,15-19H2,1,3-5H3/b22-13-,23-14+/t20?,24-,25?,26?,27?,28?,29?,30?,31?,33-/m1/s1. The first kappa shape index (κ1) is 31.9. The molecule has 3 saturated carbocycles. The zero-order chi connectivity index (χ0) is 29.2. The smallest absolute Gasteiger partial charge is 0.187 e. The van der Waals surface area contributed by atoms with Crippen molar-refractivity contribution in [1.82, 2.24) is 0 Å². The molecule has 1 aliphatic heterocycles. The second kappa shape index (κ2) is 13.1. The predicted octanol–water partition coefficient (Wildman–Crippen LogP) is 4.56. The number of allylic oxidation sites excluding steroid dienone is 3. The van der Waals surface area contributed by atoms with Crippen molar-refractivity contribution in [2.24, 2.45) is 23.2 Å². The molecule has 4 aliphatic rings. The Kier molecular flexibility index (Phi) is 10.4. The molecule has 5 N–H and O–H groups in total. The quantitative estimate of drug-likeness (QED) is 0.280. The van der Waals surface area contributed by atoms with Crippen molar-refractivity contribution in [2.45, 2.75) is 141 Å². The van der Waals surface area contributed by atoms with Gasteiger partial charge in [0.2, 0.25) is 0 Å². The number of rotatable bonds is 9. The van der Waals surface area contributed by atoms with Crippen LogP contribution < -0.4 is 0 Å². The van der Waals surface area contributed by atoms with Gasteiger partial charge in [0.15, 0.2) is 6.29 Å². The van der Waals surface area contributed by atoms with Gasteiger partial charge in [-0.1, -0.05) is 51.0 Å². The van der Waals surface area contributed by atoms with E-state index in [4.69, 9.17) is 9.47 Å². The number of hydrogen-bond acceptors (Lipinski definition) is 7. The summed E-state index contributed by atoms with van der Waals surface area (Å²) in [6.45, 7) is 12.6. The largest absolute Gasteiger partial charge is 0.394 e. The van der Waals surface area contributed by atoms with Gasteiger partial charge in [0.05, 0.1) is 18.3 Å². The molecular weight excluding hydrogens is 508 g/mol. The second-order valence-corrected chi connectivity index (χ2v) is 14.0. The van der Waals surface area contributed by atoms with Gasteiger partial charge in [0.25, 0.3) is 0 Å². The summed E-state index contributed by atoms with van der Waals surface area (Å²) >= 11 is 0. The molecule has 3 aliphatic carbocycles. The van der Waals surface area contributed by atoms with Crippen LogP contribution in [0.3, 0.4) is 0 Å². The van der Waals surface area contributed by atoms with Gasteiger partial charge in [-0.3, -0.25) is 0 Å². The van der Waals surface area contributed by atoms with Gasteiger partial charge >= 0.3 is 0 Å². The van der Waals surface area contributed by atoms with Crippen LogP contribution in [0.2, 0.25) is 0 Å². The number of aliphatic hydroxyl groups excluding tert-OH is 4. The Balaban J connectivity index is 1.41. The molecule has 0 amide bonds. The lowest BCUT2D eigenvalue weighted by Crippen LogP contribution is -2.59. The number of ether oxygens (including phenoxy) is 2. The van der Waals surface area contributed by atoms with Crippen molar-refractivity contribution in [3.63, 3.8) is 0 Å². The molecule has 228 valence electrons. The van der Waals surface area contributed by atoms with E-state index >= 15 is 0 Å². The van der Waals surface area contributed by atoms with E-state index in [1.54, 1.807) is 5.57 Å². The summed E-state index contributed by atoms with van der Waals surface area (Å²) in [6.07, 6.45) is 9.67. The lowest BCUT2D eigenvalue weighted by molar-refractivity contribution is -0.308. The van der Waals surface area contributed by atoms with Crippen LogP contribution in [-0.4, -0.2) is 74.6 Å². The summed E-state index contributed by atoms with van der Waals surface area (Å²) in [5.74, 6) is 1.99. The highest BCUT2D eigenvalue weighted by Crippen LogP contribution is 2.60. The maximum Gasteiger partial charge on any atom is 0.187 e. The number of hydrogen-bond donors (Lipinski definition) is 5. The Morgan fingerprint density at radius 2 is 1.82 bits per heavy atom. The van der Waals surface area contributed by atoms with E-state index in [1.165, 1.54) is 32.1 Å². The Bertz CT molecular complexity index is 934. The number of aliphatic hydroxyl groups is 5. The van der Waals surface area contributed by atoms with Crippen molar-refractivity contribution in [1.29, 1.82) is 0 Å². The fourth-order valence-electron chi connectivity index (χ4n) is 8.18. The van der Waals surface area contributed by atoms with Crippen LogP contribution in [0.25, 0.3) is 0 Å². The molecule has 8 unspecified atom stereocenters. The van der Waals surface area contributed by atoms with Crippen molar-refractivity contribution >= 4 is 0 Å². The fraction of sp³-hybridized carbons (Fsp3) is 0.818. The molecule has 40 heavy (non-hydrogen) atoms. The summed E-state index contributed by atoms with van der Waals surface area (Å²) in [5.41, 5.74) is 3.31. The average Bonchev–Trinajstić information content (AvgIpc) is 3.26. The lowest BCUT2D eigenvalue weighted by Gasteiger charge is -2.44.